The van der Waals surface area contributed by atoms with Crippen LogP contribution in [0.5, 0.6) is 0 Å². The maximum Gasteiger partial charge on any atom is 0.322 e. The molecule has 1 amide bonds. The van der Waals surface area contributed by atoms with Crippen LogP contribution >= 0.6 is 11.6 Å². The van der Waals surface area contributed by atoms with E-state index < -0.39 is 0 Å². The molecule has 1 N–H and O–H groups in total. The van der Waals surface area contributed by atoms with E-state index in [1.807, 2.05) is 30.3 Å². The number of fused-ring (bicyclic) bond motifs is 1. The topological polar surface area (TPSA) is 68.0 Å². The standard InChI is InChI=1S/C21H20ClN3O2/c22-18-10-5-14(6-11-18)7-12-19(26)23-21-25-24-20(27-21)17-9-8-15-3-1-2-4-16(15)13-17/h5-6,8-11,13H,1-4,7,12H2,(H,23,25,26). The number of carbonyl (C=O) groups is 1. The van der Waals surface area contributed by atoms with Crippen LogP contribution in [0.25, 0.3) is 11.5 Å². The highest BCUT2D eigenvalue weighted by Crippen LogP contribution is 2.27. The van der Waals surface area contributed by atoms with E-state index in [-0.39, 0.29) is 11.9 Å². The van der Waals surface area contributed by atoms with Gasteiger partial charge in [0.25, 0.3) is 0 Å². The van der Waals surface area contributed by atoms with E-state index in [0.717, 1.165) is 24.0 Å². The fraction of sp³-hybridized carbons (Fsp3) is 0.286. The lowest BCUT2D eigenvalue weighted by Crippen LogP contribution is -2.12. The van der Waals surface area contributed by atoms with Gasteiger partial charge in [-0.15, -0.1) is 5.10 Å². The Labute approximate surface area is 162 Å². The smallest absolute Gasteiger partial charge is 0.322 e. The molecular weight excluding hydrogens is 362 g/mol. The SMILES string of the molecule is O=C(CCc1ccc(Cl)cc1)Nc1nnc(-c2ccc3c(c2)CCCC3)o1. The first kappa shape index (κ1) is 17.7. The number of nitrogens with one attached hydrogen (secondary N) is 1. The van der Waals surface area contributed by atoms with Gasteiger partial charge in [-0.3, -0.25) is 10.1 Å². The first-order valence-electron chi connectivity index (χ1n) is 9.17. The Morgan fingerprint density at radius 1 is 1.04 bits per heavy atom. The summed E-state index contributed by atoms with van der Waals surface area (Å²) >= 11 is 5.87. The molecule has 1 heterocycles. The average Bonchev–Trinajstić information content (AvgIpc) is 3.15. The number of hydrogen-bond donors (Lipinski definition) is 1. The number of carbonyl (C=O) groups excluding carboxylic acids is 1. The minimum Gasteiger partial charge on any atom is -0.403 e. The molecule has 0 saturated carbocycles. The zero-order valence-electron chi connectivity index (χ0n) is 14.9. The lowest BCUT2D eigenvalue weighted by Gasteiger charge is -2.15. The van der Waals surface area contributed by atoms with Gasteiger partial charge in [-0.2, -0.15) is 0 Å². The van der Waals surface area contributed by atoms with E-state index in [1.165, 1.54) is 24.0 Å². The number of rotatable bonds is 5. The quantitative estimate of drug-likeness (QED) is 0.686. The van der Waals surface area contributed by atoms with Crippen molar-refractivity contribution in [3.05, 3.63) is 64.2 Å². The molecule has 0 radical (unpaired) electrons. The number of anilines is 1. The molecular formula is C21H20ClN3O2. The Kier molecular flexibility index (Phi) is 5.21. The van der Waals surface area contributed by atoms with Gasteiger partial charge in [-0.1, -0.05) is 34.9 Å². The van der Waals surface area contributed by atoms with E-state index in [0.29, 0.717) is 23.8 Å². The van der Waals surface area contributed by atoms with Crippen LogP contribution < -0.4 is 5.32 Å². The van der Waals surface area contributed by atoms with Crippen molar-refractivity contribution >= 4 is 23.5 Å². The van der Waals surface area contributed by atoms with Crippen molar-refractivity contribution < 1.29 is 9.21 Å². The van der Waals surface area contributed by atoms with Gasteiger partial charge >= 0.3 is 6.01 Å². The molecule has 5 nitrogen and oxygen atoms in total. The van der Waals surface area contributed by atoms with E-state index >= 15 is 0 Å². The maximum atomic E-state index is 12.1. The van der Waals surface area contributed by atoms with Crippen LogP contribution in [-0.2, 0) is 24.1 Å². The summed E-state index contributed by atoms with van der Waals surface area (Å²) in [5.74, 6) is 0.266. The monoisotopic (exact) mass is 381 g/mol. The summed E-state index contributed by atoms with van der Waals surface area (Å²) in [7, 11) is 0. The predicted octanol–water partition coefficient (Wildman–Crippen LogP) is 4.84. The normalized spacial score (nSPS) is 13.2. The summed E-state index contributed by atoms with van der Waals surface area (Å²) in [6.45, 7) is 0. The molecule has 0 fully saturated rings. The van der Waals surface area contributed by atoms with Gasteiger partial charge in [0.05, 0.1) is 0 Å². The minimum absolute atomic E-state index is 0.129. The Morgan fingerprint density at radius 2 is 1.81 bits per heavy atom. The van der Waals surface area contributed by atoms with Gasteiger partial charge in [0.2, 0.25) is 11.8 Å². The van der Waals surface area contributed by atoms with Gasteiger partial charge < -0.3 is 4.42 Å². The van der Waals surface area contributed by atoms with Crippen LogP contribution in [0.2, 0.25) is 5.02 Å². The lowest BCUT2D eigenvalue weighted by atomic mass is 9.90. The molecule has 0 bridgehead atoms. The second-order valence-electron chi connectivity index (χ2n) is 6.78. The molecule has 0 spiro atoms. The molecule has 4 rings (SSSR count). The summed E-state index contributed by atoms with van der Waals surface area (Å²) in [6, 6.07) is 13.8. The van der Waals surface area contributed by atoms with Crippen molar-refractivity contribution in [2.75, 3.05) is 5.32 Å². The third-order valence-corrected chi connectivity index (χ3v) is 5.07. The molecule has 1 aromatic heterocycles. The summed E-state index contributed by atoms with van der Waals surface area (Å²) in [5.41, 5.74) is 4.70. The number of halogens is 1. The van der Waals surface area contributed by atoms with E-state index in [9.17, 15) is 4.79 Å². The molecule has 138 valence electrons. The summed E-state index contributed by atoms with van der Waals surface area (Å²) in [4.78, 5) is 12.1. The van der Waals surface area contributed by atoms with E-state index in [4.69, 9.17) is 16.0 Å². The van der Waals surface area contributed by atoms with Gasteiger partial charge in [-0.05, 0) is 73.1 Å². The minimum atomic E-state index is -0.161. The first-order chi connectivity index (χ1) is 13.2. The predicted molar refractivity (Wildman–Crippen MR) is 105 cm³/mol. The van der Waals surface area contributed by atoms with Gasteiger partial charge in [0.1, 0.15) is 0 Å². The van der Waals surface area contributed by atoms with Gasteiger partial charge in [-0.25, -0.2) is 0 Å². The number of amides is 1. The Morgan fingerprint density at radius 3 is 2.63 bits per heavy atom. The average molecular weight is 382 g/mol. The molecule has 3 aromatic rings. The fourth-order valence-electron chi connectivity index (χ4n) is 3.35. The Bertz CT molecular complexity index is 950. The van der Waals surface area contributed by atoms with Crippen LogP contribution in [0.1, 0.15) is 36.0 Å². The summed E-state index contributed by atoms with van der Waals surface area (Å²) in [6.07, 6.45) is 5.64. The van der Waals surface area contributed by atoms with Crippen LogP contribution in [-0.4, -0.2) is 16.1 Å². The number of nitrogens with zero attached hydrogens (tertiary/aromatic N) is 2. The summed E-state index contributed by atoms with van der Waals surface area (Å²) < 4.78 is 5.63. The molecule has 2 aromatic carbocycles. The van der Waals surface area contributed by atoms with Crippen LogP contribution in [0.3, 0.4) is 0 Å². The first-order valence-corrected chi connectivity index (χ1v) is 9.55. The molecule has 0 atom stereocenters. The lowest BCUT2D eigenvalue weighted by molar-refractivity contribution is -0.116. The molecule has 0 unspecified atom stereocenters. The zero-order chi connectivity index (χ0) is 18.6. The second kappa shape index (κ2) is 7.92. The third kappa shape index (κ3) is 4.37. The third-order valence-electron chi connectivity index (χ3n) is 4.82. The number of aryl methyl sites for hydroxylation is 3. The summed E-state index contributed by atoms with van der Waals surface area (Å²) in [5, 5.41) is 11.4. The largest absolute Gasteiger partial charge is 0.403 e. The van der Waals surface area contributed by atoms with Crippen molar-refractivity contribution in [1.29, 1.82) is 0 Å². The van der Waals surface area contributed by atoms with Gasteiger partial charge in [0, 0.05) is 17.0 Å². The number of hydrogen-bond acceptors (Lipinski definition) is 4. The van der Waals surface area contributed by atoms with Crippen LogP contribution in [0.4, 0.5) is 6.01 Å². The fourth-order valence-corrected chi connectivity index (χ4v) is 3.47. The Balaban J connectivity index is 1.37. The highest BCUT2D eigenvalue weighted by molar-refractivity contribution is 6.30. The number of benzene rings is 2. The van der Waals surface area contributed by atoms with Crippen molar-refractivity contribution in [3.63, 3.8) is 0 Å². The molecule has 1 aliphatic carbocycles. The van der Waals surface area contributed by atoms with Crippen molar-refractivity contribution in [3.8, 4) is 11.5 Å². The van der Waals surface area contributed by atoms with Crippen molar-refractivity contribution in [2.45, 2.75) is 38.5 Å². The highest BCUT2D eigenvalue weighted by Gasteiger charge is 2.15. The maximum absolute atomic E-state index is 12.1. The molecule has 6 heteroatoms. The van der Waals surface area contributed by atoms with Crippen LogP contribution in [0, 0.1) is 0 Å². The van der Waals surface area contributed by atoms with Crippen molar-refractivity contribution in [2.24, 2.45) is 0 Å². The second-order valence-corrected chi connectivity index (χ2v) is 7.21. The molecule has 27 heavy (non-hydrogen) atoms. The van der Waals surface area contributed by atoms with Crippen LogP contribution in [0.15, 0.2) is 46.9 Å². The zero-order valence-corrected chi connectivity index (χ0v) is 15.6. The molecule has 0 aliphatic heterocycles. The molecule has 0 saturated heterocycles. The Hall–Kier alpha value is -2.66. The van der Waals surface area contributed by atoms with E-state index in [1.54, 1.807) is 0 Å². The number of aromatic nitrogens is 2. The van der Waals surface area contributed by atoms with Crippen molar-refractivity contribution in [1.82, 2.24) is 10.2 Å². The molecule has 1 aliphatic rings. The van der Waals surface area contributed by atoms with E-state index in [2.05, 4.69) is 27.6 Å². The highest BCUT2D eigenvalue weighted by atomic mass is 35.5. The van der Waals surface area contributed by atoms with Gasteiger partial charge in [0.15, 0.2) is 0 Å².